The lowest BCUT2D eigenvalue weighted by molar-refractivity contribution is 0.627. The Hall–Kier alpha value is -3.24. The van der Waals surface area contributed by atoms with Crippen molar-refractivity contribution in [2.24, 2.45) is 5.73 Å². The maximum atomic E-state index is 7.02. The Balaban J connectivity index is 1.97. The van der Waals surface area contributed by atoms with E-state index in [1.54, 1.807) is 0 Å². The van der Waals surface area contributed by atoms with Crippen molar-refractivity contribution < 1.29 is 0 Å². The SMILES string of the molecule is NC(c1ccccc1)(c1ccccc1)c1n[nH]nc1-c1ccccc1. The van der Waals surface area contributed by atoms with Crippen molar-refractivity contribution in [3.05, 3.63) is 108 Å². The van der Waals surface area contributed by atoms with Gasteiger partial charge in [-0.2, -0.15) is 15.4 Å². The number of nitrogens with one attached hydrogen (secondary N) is 1. The lowest BCUT2D eigenvalue weighted by atomic mass is 9.79. The van der Waals surface area contributed by atoms with Crippen molar-refractivity contribution in [1.29, 1.82) is 0 Å². The molecule has 3 aromatic carbocycles. The van der Waals surface area contributed by atoms with E-state index < -0.39 is 5.54 Å². The van der Waals surface area contributed by atoms with Crippen LogP contribution in [0.2, 0.25) is 0 Å². The maximum absolute atomic E-state index is 7.02. The van der Waals surface area contributed by atoms with Gasteiger partial charge in [0.2, 0.25) is 0 Å². The van der Waals surface area contributed by atoms with Gasteiger partial charge in [-0.25, -0.2) is 0 Å². The zero-order valence-electron chi connectivity index (χ0n) is 13.6. The minimum absolute atomic E-state index is 0.705. The molecule has 4 aromatic rings. The summed E-state index contributed by atoms with van der Waals surface area (Å²) in [6, 6.07) is 30.0. The molecular weight excluding hydrogens is 308 g/mol. The predicted molar refractivity (Wildman–Crippen MR) is 98.8 cm³/mol. The highest BCUT2D eigenvalue weighted by atomic mass is 15.3. The van der Waals surface area contributed by atoms with E-state index in [1.807, 2.05) is 91.0 Å². The van der Waals surface area contributed by atoms with Crippen LogP contribution in [0.1, 0.15) is 16.8 Å². The molecule has 1 aromatic heterocycles. The quantitative estimate of drug-likeness (QED) is 0.600. The van der Waals surface area contributed by atoms with Crippen LogP contribution >= 0.6 is 0 Å². The Bertz CT molecular complexity index is 907. The molecule has 0 fully saturated rings. The van der Waals surface area contributed by atoms with Crippen molar-refractivity contribution in [3.63, 3.8) is 0 Å². The van der Waals surface area contributed by atoms with E-state index >= 15 is 0 Å². The smallest absolute Gasteiger partial charge is 0.119 e. The molecule has 4 rings (SSSR count). The van der Waals surface area contributed by atoms with E-state index in [9.17, 15) is 0 Å². The molecule has 0 atom stereocenters. The average Bonchev–Trinajstić information content (AvgIpc) is 3.20. The molecule has 0 radical (unpaired) electrons. The van der Waals surface area contributed by atoms with Crippen LogP contribution in [0.4, 0.5) is 0 Å². The second-order valence-electron chi connectivity index (χ2n) is 5.93. The third-order valence-corrected chi connectivity index (χ3v) is 4.43. The summed E-state index contributed by atoms with van der Waals surface area (Å²) in [6.07, 6.45) is 0. The van der Waals surface area contributed by atoms with E-state index in [0.717, 1.165) is 22.4 Å². The fourth-order valence-corrected chi connectivity index (χ4v) is 3.15. The minimum Gasteiger partial charge on any atom is -0.313 e. The van der Waals surface area contributed by atoms with E-state index in [4.69, 9.17) is 5.73 Å². The number of nitrogens with two attached hydrogens (primary N) is 1. The van der Waals surface area contributed by atoms with E-state index in [-0.39, 0.29) is 0 Å². The van der Waals surface area contributed by atoms with Crippen molar-refractivity contribution in [1.82, 2.24) is 15.4 Å². The number of rotatable bonds is 4. The Morgan fingerprint density at radius 3 is 1.64 bits per heavy atom. The second kappa shape index (κ2) is 6.34. The van der Waals surface area contributed by atoms with Gasteiger partial charge < -0.3 is 5.73 Å². The lowest BCUT2D eigenvalue weighted by Crippen LogP contribution is -2.40. The first-order valence-corrected chi connectivity index (χ1v) is 8.17. The highest BCUT2D eigenvalue weighted by Gasteiger charge is 2.37. The van der Waals surface area contributed by atoms with Gasteiger partial charge in [0.1, 0.15) is 16.9 Å². The third-order valence-electron chi connectivity index (χ3n) is 4.43. The molecule has 0 spiro atoms. The van der Waals surface area contributed by atoms with Crippen LogP contribution in [0.25, 0.3) is 11.3 Å². The van der Waals surface area contributed by atoms with Gasteiger partial charge in [0.05, 0.1) is 0 Å². The largest absolute Gasteiger partial charge is 0.313 e. The van der Waals surface area contributed by atoms with Crippen molar-refractivity contribution in [3.8, 4) is 11.3 Å². The fraction of sp³-hybridized carbons (Fsp3) is 0.0476. The Labute approximate surface area is 146 Å². The molecule has 4 heteroatoms. The standard InChI is InChI=1S/C21H18N4/c22-21(17-12-6-2-7-13-17,18-14-8-3-9-15-18)20-19(23-25-24-20)16-10-4-1-5-11-16/h1-15H,22H2,(H,23,24,25). The molecular formula is C21H18N4. The summed E-state index contributed by atoms with van der Waals surface area (Å²) in [4.78, 5) is 0. The first-order valence-electron chi connectivity index (χ1n) is 8.17. The number of hydrogen-bond donors (Lipinski definition) is 2. The van der Waals surface area contributed by atoms with Gasteiger partial charge in [0.25, 0.3) is 0 Å². The van der Waals surface area contributed by atoms with E-state index in [0.29, 0.717) is 5.69 Å². The number of hydrogen-bond acceptors (Lipinski definition) is 3. The molecule has 0 saturated carbocycles. The van der Waals surface area contributed by atoms with Crippen LogP contribution < -0.4 is 5.73 Å². The van der Waals surface area contributed by atoms with Crippen LogP contribution in [0.15, 0.2) is 91.0 Å². The van der Waals surface area contributed by atoms with Crippen LogP contribution in [0.5, 0.6) is 0 Å². The summed E-state index contributed by atoms with van der Waals surface area (Å²) in [5.41, 5.74) is 10.5. The molecule has 4 nitrogen and oxygen atoms in total. The number of aromatic amines is 1. The molecule has 0 aliphatic heterocycles. The second-order valence-corrected chi connectivity index (χ2v) is 5.93. The lowest BCUT2D eigenvalue weighted by Gasteiger charge is -2.29. The topological polar surface area (TPSA) is 67.6 Å². The van der Waals surface area contributed by atoms with Gasteiger partial charge in [-0.15, -0.1) is 0 Å². The highest BCUT2D eigenvalue weighted by molar-refractivity contribution is 5.65. The third kappa shape index (κ3) is 2.62. The molecule has 3 N–H and O–H groups in total. The number of nitrogens with zero attached hydrogens (tertiary/aromatic N) is 2. The van der Waals surface area contributed by atoms with Crippen LogP contribution in [0, 0.1) is 0 Å². The summed E-state index contributed by atoms with van der Waals surface area (Å²) >= 11 is 0. The number of H-pyrrole nitrogens is 1. The molecule has 0 aliphatic rings. The van der Waals surface area contributed by atoms with Crippen LogP contribution in [0.3, 0.4) is 0 Å². The normalized spacial score (nSPS) is 11.4. The van der Waals surface area contributed by atoms with Crippen molar-refractivity contribution in [2.45, 2.75) is 5.54 Å². The highest BCUT2D eigenvalue weighted by Crippen LogP contribution is 2.37. The van der Waals surface area contributed by atoms with Crippen LogP contribution in [-0.4, -0.2) is 15.4 Å². The monoisotopic (exact) mass is 326 g/mol. The predicted octanol–water partition coefficient (Wildman–Crippen LogP) is 3.72. The molecule has 0 aliphatic carbocycles. The Kier molecular flexibility index (Phi) is 3.88. The van der Waals surface area contributed by atoms with Gasteiger partial charge >= 0.3 is 0 Å². The Morgan fingerprint density at radius 2 is 1.12 bits per heavy atom. The fourth-order valence-electron chi connectivity index (χ4n) is 3.15. The zero-order valence-corrected chi connectivity index (χ0v) is 13.6. The molecule has 1 heterocycles. The minimum atomic E-state index is -0.902. The van der Waals surface area contributed by atoms with Crippen molar-refractivity contribution >= 4 is 0 Å². The van der Waals surface area contributed by atoms with Gasteiger partial charge in [0.15, 0.2) is 0 Å². The molecule has 25 heavy (non-hydrogen) atoms. The molecule has 0 amide bonds. The summed E-state index contributed by atoms with van der Waals surface area (Å²) in [6.45, 7) is 0. The zero-order chi connectivity index (χ0) is 17.1. The Morgan fingerprint density at radius 1 is 0.640 bits per heavy atom. The van der Waals surface area contributed by atoms with E-state index in [2.05, 4.69) is 15.4 Å². The van der Waals surface area contributed by atoms with Crippen molar-refractivity contribution in [2.75, 3.05) is 0 Å². The summed E-state index contributed by atoms with van der Waals surface area (Å²) in [7, 11) is 0. The molecule has 0 unspecified atom stereocenters. The van der Waals surface area contributed by atoms with Crippen LogP contribution in [-0.2, 0) is 5.54 Å². The molecule has 0 bridgehead atoms. The van der Waals surface area contributed by atoms with Gasteiger partial charge in [-0.05, 0) is 11.1 Å². The van der Waals surface area contributed by atoms with Gasteiger partial charge in [-0.1, -0.05) is 91.0 Å². The summed E-state index contributed by atoms with van der Waals surface area (Å²) < 4.78 is 0. The summed E-state index contributed by atoms with van der Waals surface area (Å²) in [5, 5.41) is 11.6. The summed E-state index contributed by atoms with van der Waals surface area (Å²) in [5.74, 6) is 0. The first-order chi connectivity index (χ1) is 12.3. The molecule has 122 valence electrons. The van der Waals surface area contributed by atoms with Gasteiger partial charge in [0, 0.05) is 5.56 Å². The van der Waals surface area contributed by atoms with E-state index in [1.165, 1.54) is 0 Å². The maximum Gasteiger partial charge on any atom is 0.119 e. The first kappa shape index (κ1) is 15.3. The number of benzene rings is 3. The average molecular weight is 326 g/mol. The molecule has 0 saturated heterocycles. The van der Waals surface area contributed by atoms with Gasteiger partial charge in [-0.3, -0.25) is 0 Å². The number of aromatic nitrogens is 3.